The van der Waals surface area contributed by atoms with Crippen molar-refractivity contribution in [2.75, 3.05) is 19.7 Å². The molecule has 0 amide bonds. The molecule has 1 aliphatic rings. The van der Waals surface area contributed by atoms with Crippen LogP contribution in [0.15, 0.2) is 48.2 Å². The van der Waals surface area contributed by atoms with Gasteiger partial charge in [0.05, 0.1) is 12.1 Å². The highest BCUT2D eigenvalue weighted by Crippen LogP contribution is 2.18. The van der Waals surface area contributed by atoms with Crippen LogP contribution in [0.1, 0.15) is 44.6 Å². The first kappa shape index (κ1) is 21.0. The van der Waals surface area contributed by atoms with Crippen molar-refractivity contribution in [1.82, 2.24) is 10.0 Å². The zero-order valence-electron chi connectivity index (χ0n) is 16.9. The van der Waals surface area contributed by atoms with E-state index in [1.807, 2.05) is 31.2 Å². The molecule has 1 saturated heterocycles. The summed E-state index contributed by atoms with van der Waals surface area (Å²) in [5.74, 6) is -0.966. The Morgan fingerprint density at radius 1 is 1.14 bits per heavy atom. The average Bonchev–Trinajstić information content (AvgIpc) is 2.75. The molecule has 0 unspecified atom stereocenters. The highest BCUT2D eigenvalue weighted by atomic mass is 16.7. The molecular formula is C23H28N2O4. The fourth-order valence-electron chi connectivity index (χ4n) is 3.45. The Labute approximate surface area is 171 Å². The summed E-state index contributed by atoms with van der Waals surface area (Å²) in [6, 6.07) is 10.00. The number of ether oxygens (including phenoxy) is 1. The van der Waals surface area contributed by atoms with E-state index in [9.17, 15) is 9.59 Å². The third-order valence-corrected chi connectivity index (χ3v) is 5.03. The normalized spacial score (nSPS) is 15.3. The molecule has 29 heavy (non-hydrogen) atoms. The van der Waals surface area contributed by atoms with Crippen LogP contribution in [-0.2, 0) is 25.6 Å². The fourth-order valence-corrected chi connectivity index (χ4v) is 3.45. The van der Waals surface area contributed by atoms with E-state index in [1.165, 1.54) is 11.6 Å². The summed E-state index contributed by atoms with van der Waals surface area (Å²) in [6.07, 6.45) is 8.17. The number of para-hydroxylation sites is 1. The molecule has 2 heterocycles. The lowest BCUT2D eigenvalue weighted by molar-refractivity contribution is -0.188. The van der Waals surface area contributed by atoms with Crippen LogP contribution in [0.5, 0.6) is 0 Å². The van der Waals surface area contributed by atoms with Crippen LogP contribution in [-0.4, -0.2) is 41.7 Å². The maximum absolute atomic E-state index is 12.3. The number of esters is 1. The molecule has 0 saturated carbocycles. The molecule has 0 aliphatic carbocycles. The van der Waals surface area contributed by atoms with Crippen molar-refractivity contribution < 1.29 is 19.2 Å². The number of pyridine rings is 1. The van der Waals surface area contributed by atoms with Gasteiger partial charge in [0.25, 0.3) is 0 Å². The van der Waals surface area contributed by atoms with Gasteiger partial charge in [-0.3, -0.25) is 4.98 Å². The maximum atomic E-state index is 12.3. The molecule has 0 bridgehead atoms. The minimum absolute atomic E-state index is 0.300. The van der Waals surface area contributed by atoms with Gasteiger partial charge >= 0.3 is 11.9 Å². The molecule has 1 aromatic heterocycles. The van der Waals surface area contributed by atoms with E-state index in [0.29, 0.717) is 25.0 Å². The number of aryl methyl sites for hydroxylation is 1. The fraction of sp³-hybridized carbons (Fsp3) is 0.435. The number of rotatable bonds is 8. The van der Waals surface area contributed by atoms with Crippen molar-refractivity contribution in [3.63, 3.8) is 0 Å². The minimum Gasteiger partial charge on any atom is -0.462 e. The second kappa shape index (κ2) is 10.7. The van der Waals surface area contributed by atoms with E-state index in [2.05, 4.69) is 11.1 Å². The standard InChI is InChI=1S/C23H28N2O4/c1-2-18(17-22(26)29-25-14-6-3-7-15-25)23(27)28-16-8-9-19-12-13-24-21-11-5-4-10-20(19)21/h4-5,10-13,17H,2-3,6-9,14-16H2,1H3/b18-17+. The van der Waals surface area contributed by atoms with E-state index in [-0.39, 0.29) is 0 Å². The van der Waals surface area contributed by atoms with Crippen molar-refractivity contribution in [3.05, 3.63) is 53.7 Å². The third kappa shape index (κ3) is 6.12. The number of carbonyl (C=O) groups is 2. The third-order valence-electron chi connectivity index (χ3n) is 5.03. The highest BCUT2D eigenvalue weighted by Gasteiger charge is 2.16. The van der Waals surface area contributed by atoms with Crippen LogP contribution < -0.4 is 0 Å². The van der Waals surface area contributed by atoms with Crippen molar-refractivity contribution in [3.8, 4) is 0 Å². The summed E-state index contributed by atoms with van der Waals surface area (Å²) < 4.78 is 5.38. The van der Waals surface area contributed by atoms with Crippen LogP contribution in [0.3, 0.4) is 0 Å². The van der Waals surface area contributed by atoms with E-state index in [1.54, 1.807) is 11.3 Å². The Bertz CT molecular complexity index is 867. The number of piperidine rings is 1. The number of hydrogen-bond donors (Lipinski definition) is 0. The Morgan fingerprint density at radius 3 is 2.72 bits per heavy atom. The number of aromatic nitrogens is 1. The van der Waals surface area contributed by atoms with Gasteiger partial charge in [-0.1, -0.05) is 31.5 Å². The van der Waals surface area contributed by atoms with Gasteiger partial charge in [0, 0.05) is 36.3 Å². The second-order valence-electron chi connectivity index (χ2n) is 7.15. The monoisotopic (exact) mass is 396 g/mol. The molecular weight excluding hydrogens is 368 g/mol. The molecule has 3 rings (SSSR count). The molecule has 2 aromatic rings. The van der Waals surface area contributed by atoms with E-state index in [4.69, 9.17) is 9.57 Å². The number of benzene rings is 1. The average molecular weight is 396 g/mol. The Morgan fingerprint density at radius 2 is 1.93 bits per heavy atom. The van der Waals surface area contributed by atoms with Crippen LogP contribution in [0, 0.1) is 0 Å². The topological polar surface area (TPSA) is 68.7 Å². The van der Waals surface area contributed by atoms with Crippen LogP contribution in [0.2, 0.25) is 0 Å². The molecule has 6 heteroatoms. The smallest absolute Gasteiger partial charge is 0.350 e. The summed E-state index contributed by atoms with van der Waals surface area (Å²) in [4.78, 5) is 34.0. The van der Waals surface area contributed by atoms with Crippen molar-refractivity contribution in [1.29, 1.82) is 0 Å². The van der Waals surface area contributed by atoms with Crippen molar-refractivity contribution >= 4 is 22.8 Å². The van der Waals surface area contributed by atoms with Gasteiger partial charge in [0.15, 0.2) is 0 Å². The summed E-state index contributed by atoms with van der Waals surface area (Å²) in [7, 11) is 0. The van der Waals surface area contributed by atoms with Gasteiger partial charge in [-0.25, -0.2) is 9.59 Å². The number of fused-ring (bicyclic) bond motifs is 1. The summed E-state index contributed by atoms with van der Waals surface area (Å²) in [5, 5.41) is 2.79. The minimum atomic E-state index is -0.510. The predicted molar refractivity (Wildman–Crippen MR) is 111 cm³/mol. The maximum Gasteiger partial charge on any atom is 0.350 e. The van der Waals surface area contributed by atoms with E-state index in [0.717, 1.165) is 49.7 Å². The zero-order valence-corrected chi connectivity index (χ0v) is 16.9. The highest BCUT2D eigenvalue weighted by molar-refractivity contribution is 5.96. The number of carbonyl (C=O) groups excluding carboxylic acids is 2. The van der Waals surface area contributed by atoms with Gasteiger partial charge in [-0.05, 0) is 49.8 Å². The molecule has 1 fully saturated rings. The Balaban J connectivity index is 1.47. The molecule has 1 aliphatic heterocycles. The molecule has 0 spiro atoms. The quantitative estimate of drug-likeness (QED) is 0.382. The van der Waals surface area contributed by atoms with Gasteiger partial charge < -0.3 is 9.57 Å². The van der Waals surface area contributed by atoms with Gasteiger partial charge in [-0.15, -0.1) is 5.06 Å². The van der Waals surface area contributed by atoms with Crippen molar-refractivity contribution in [2.24, 2.45) is 0 Å². The molecule has 0 N–H and O–H groups in total. The first-order chi connectivity index (χ1) is 14.2. The summed E-state index contributed by atoms with van der Waals surface area (Å²) >= 11 is 0. The lowest BCUT2D eigenvalue weighted by Crippen LogP contribution is -2.32. The molecule has 1 aromatic carbocycles. The van der Waals surface area contributed by atoms with Crippen LogP contribution in [0.4, 0.5) is 0 Å². The number of hydrogen-bond acceptors (Lipinski definition) is 6. The van der Waals surface area contributed by atoms with Gasteiger partial charge in [0.1, 0.15) is 0 Å². The lowest BCUT2D eigenvalue weighted by atomic mass is 10.1. The molecule has 154 valence electrons. The molecule has 0 atom stereocenters. The number of nitrogens with zero attached hydrogens (tertiary/aromatic N) is 2. The van der Waals surface area contributed by atoms with Gasteiger partial charge in [-0.2, -0.15) is 0 Å². The summed E-state index contributed by atoms with van der Waals surface area (Å²) in [5.41, 5.74) is 2.48. The first-order valence-electron chi connectivity index (χ1n) is 10.3. The Kier molecular flexibility index (Phi) is 7.76. The molecule has 0 radical (unpaired) electrons. The largest absolute Gasteiger partial charge is 0.462 e. The van der Waals surface area contributed by atoms with Crippen LogP contribution >= 0.6 is 0 Å². The van der Waals surface area contributed by atoms with Crippen LogP contribution in [0.25, 0.3) is 10.9 Å². The van der Waals surface area contributed by atoms with E-state index >= 15 is 0 Å². The Hall–Kier alpha value is -2.73. The lowest BCUT2D eigenvalue weighted by Gasteiger charge is -2.24. The second-order valence-corrected chi connectivity index (χ2v) is 7.15. The number of hydroxylamine groups is 2. The predicted octanol–water partition coefficient (Wildman–Crippen LogP) is 3.99. The van der Waals surface area contributed by atoms with Crippen molar-refractivity contribution in [2.45, 2.75) is 45.4 Å². The zero-order chi connectivity index (χ0) is 20.5. The van der Waals surface area contributed by atoms with Gasteiger partial charge in [0.2, 0.25) is 0 Å². The molecule has 6 nitrogen and oxygen atoms in total. The van der Waals surface area contributed by atoms with E-state index < -0.39 is 11.9 Å². The SMILES string of the molecule is CC/C(=C\C(=O)ON1CCCCC1)C(=O)OCCCc1ccnc2ccccc12. The first-order valence-corrected chi connectivity index (χ1v) is 10.3. The summed E-state index contributed by atoms with van der Waals surface area (Å²) in [6.45, 7) is 3.61.